The molecule has 1 aromatic rings. The normalized spacial score (nSPS) is 18.7. The van der Waals surface area contributed by atoms with Crippen molar-refractivity contribution < 1.29 is 19.1 Å². The largest absolute Gasteiger partial charge is 0.484 e. The summed E-state index contributed by atoms with van der Waals surface area (Å²) in [6.45, 7) is 7.92. The predicted molar refractivity (Wildman–Crippen MR) is 98.1 cm³/mol. The van der Waals surface area contributed by atoms with Crippen LogP contribution in [0.2, 0.25) is 0 Å². The molecule has 0 saturated carbocycles. The molecular formula is C20H28N2O4. The third kappa shape index (κ3) is 4.55. The van der Waals surface area contributed by atoms with E-state index in [1.807, 2.05) is 41.8 Å². The smallest absolute Gasteiger partial charge is 0.260 e. The average Bonchev–Trinajstić information content (AvgIpc) is 2.67. The molecule has 2 amide bonds. The fraction of sp³-hybridized carbons (Fsp3) is 0.600. The molecule has 26 heavy (non-hydrogen) atoms. The second-order valence-corrected chi connectivity index (χ2v) is 7.15. The third-order valence-corrected chi connectivity index (χ3v) is 5.20. The average molecular weight is 360 g/mol. The van der Waals surface area contributed by atoms with Crippen molar-refractivity contribution in [2.24, 2.45) is 5.92 Å². The van der Waals surface area contributed by atoms with E-state index in [2.05, 4.69) is 0 Å². The SMILES string of the molecule is Cc1ccc(OCC(=O)N2CCC(C(=O)N3CCOCC3)CC2)c(C)c1. The zero-order valence-corrected chi connectivity index (χ0v) is 15.7. The van der Waals surface area contributed by atoms with Gasteiger partial charge in [0.2, 0.25) is 5.91 Å². The zero-order valence-electron chi connectivity index (χ0n) is 15.7. The van der Waals surface area contributed by atoms with Crippen molar-refractivity contribution in [1.82, 2.24) is 9.80 Å². The van der Waals surface area contributed by atoms with Gasteiger partial charge in [-0.2, -0.15) is 0 Å². The summed E-state index contributed by atoms with van der Waals surface area (Å²) in [5.74, 6) is 0.980. The summed E-state index contributed by atoms with van der Waals surface area (Å²) in [4.78, 5) is 28.7. The molecule has 2 heterocycles. The standard InChI is InChI=1S/C20H28N2O4/c1-15-3-4-18(16(2)13-15)26-14-19(23)21-7-5-17(6-8-21)20(24)22-9-11-25-12-10-22/h3-4,13,17H,5-12,14H2,1-2H3. The number of nitrogens with zero attached hydrogens (tertiary/aromatic N) is 2. The fourth-order valence-electron chi connectivity index (χ4n) is 3.61. The van der Waals surface area contributed by atoms with Gasteiger partial charge in [-0.3, -0.25) is 9.59 Å². The summed E-state index contributed by atoms with van der Waals surface area (Å²) in [6.07, 6.45) is 1.46. The molecule has 2 saturated heterocycles. The number of hydrogen-bond acceptors (Lipinski definition) is 4. The molecule has 0 atom stereocenters. The lowest BCUT2D eigenvalue weighted by atomic mass is 9.95. The Hall–Kier alpha value is -2.08. The van der Waals surface area contributed by atoms with Gasteiger partial charge < -0.3 is 19.3 Å². The van der Waals surface area contributed by atoms with E-state index in [-0.39, 0.29) is 24.3 Å². The minimum atomic E-state index is -0.0118. The van der Waals surface area contributed by atoms with E-state index in [1.54, 1.807) is 0 Å². The lowest BCUT2D eigenvalue weighted by Gasteiger charge is -2.35. The van der Waals surface area contributed by atoms with Crippen LogP contribution in [0.5, 0.6) is 5.75 Å². The molecule has 0 bridgehead atoms. The van der Waals surface area contributed by atoms with Crippen LogP contribution in [0.4, 0.5) is 0 Å². The molecule has 0 unspecified atom stereocenters. The second kappa shape index (κ2) is 8.54. The van der Waals surface area contributed by atoms with Gasteiger partial charge in [0.25, 0.3) is 5.91 Å². The number of aryl methyl sites for hydroxylation is 2. The number of piperidine rings is 1. The van der Waals surface area contributed by atoms with Crippen LogP contribution < -0.4 is 4.74 Å². The van der Waals surface area contributed by atoms with E-state index in [0.29, 0.717) is 39.4 Å². The van der Waals surface area contributed by atoms with E-state index in [0.717, 1.165) is 24.2 Å². The van der Waals surface area contributed by atoms with E-state index >= 15 is 0 Å². The summed E-state index contributed by atoms with van der Waals surface area (Å²) in [6, 6.07) is 5.93. The maximum absolute atomic E-state index is 12.5. The molecular weight excluding hydrogens is 332 g/mol. The van der Waals surface area contributed by atoms with Gasteiger partial charge in [-0.1, -0.05) is 17.7 Å². The van der Waals surface area contributed by atoms with E-state index in [9.17, 15) is 9.59 Å². The highest BCUT2D eigenvalue weighted by atomic mass is 16.5. The Bertz CT molecular complexity index is 647. The molecule has 2 fully saturated rings. The van der Waals surface area contributed by atoms with Gasteiger partial charge in [-0.05, 0) is 38.3 Å². The maximum Gasteiger partial charge on any atom is 0.260 e. The Morgan fingerprint density at radius 1 is 1.08 bits per heavy atom. The molecule has 0 aliphatic carbocycles. The summed E-state index contributed by atoms with van der Waals surface area (Å²) in [5, 5.41) is 0. The first-order valence-electron chi connectivity index (χ1n) is 9.39. The Labute approximate surface area is 155 Å². The van der Waals surface area contributed by atoms with Gasteiger partial charge in [0, 0.05) is 32.1 Å². The summed E-state index contributed by atoms with van der Waals surface area (Å²) < 4.78 is 11.0. The molecule has 2 aliphatic heterocycles. The Kier molecular flexibility index (Phi) is 6.14. The number of ether oxygens (including phenoxy) is 2. The van der Waals surface area contributed by atoms with Crippen LogP contribution in [0.15, 0.2) is 18.2 Å². The molecule has 2 aliphatic rings. The molecule has 0 spiro atoms. The van der Waals surface area contributed by atoms with Gasteiger partial charge >= 0.3 is 0 Å². The molecule has 6 nitrogen and oxygen atoms in total. The number of amides is 2. The third-order valence-electron chi connectivity index (χ3n) is 5.20. The van der Waals surface area contributed by atoms with Crippen molar-refractivity contribution in [1.29, 1.82) is 0 Å². The molecule has 0 radical (unpaired) electrons. The first kappa shape index (κ1) is 18.7. The van der Waals surface area contributed by atoms with Crippen LogP contribution in [0.3, 0.4) is 0 Å². The van der Waals surface area contributed by atoms with Crippen molar-refractivity contribution in [2.75, 3.05) is 46.0 Å². The quantitative estimate of drug-likeness (QED) is 0.821. The minimum absolute atomic E-state index is 0.0118. The van der Waals surface area contributed by atoms with Gasteiger partial charge in [-0.25, -0.2) is 0 Å². The zero-order chi connectivity index (χ0) is 18.5. The number of carbonyl (C=O) groups excluding carboxylic acids is 2. The summed E-state index contributed by atoms with van der Waals surface area (Å²) in [5.41, 5.74) is 2.21. The number of rotatable bonds is 4. The van der Waals surface area contributed by atoms with Crippen molar-refractivity contribution in [3.63, 3.8) is 0 Å². The Morgan fingerprint density at radius 2 is 1.77 bits per heavy atom. The minimum Gasteiger partial charge on any atom is -0.484 e. The number of likely N-dealkylation sites (tertiary alicyclic amines) is 1. The Morgan fingerprint density at radius 3 is 2.42 bits per heavy atom. The molecule has 3 rings (SSSR count). The van der Waals surface area contributed by atoms with E-state index in [4.69, 9.17) is 9.47 Å². The maximum atomic E-state index is 12.5. The van der Waals surface area contributed by atoms with Crippen molar-refractivity contribution in [3.05, 3.63) is 29.3 Å². The second-order valence-electron chi connectivity index (χ2n) is 7.15. The first-order valence-corrected chi connectivity index (χ1v) is 9.39. The van der Waals surface area contributed by atoms with Crippen LogP contribution in [0.1, 0.15) is 24.0 Å². The Balaban J connectivity index is 1.45. The molecule has 0 N–H and O–H groups in total. The number of carbonyl (C=O) groups is 2. The molecule has 6 heteroatoms. The van der Waals surface area contributed by atoms with Crippen LogP contribution >= 0.6 is 0 Å². The van der Waals surface area contributed by atoms with E-state index < -0.39 is 0 Å². The molecule has 142 valence electrons. The van der Waals surface area contributed by atoms with Crippen LogP contribution in [0, 0.1) is 19.8 Å². The highest BCUT2D eigenvalue weighted by molar-refractivity contribution is 5.80. The van der Waals surface area contributed by atoms with Gasteiger partial charge in [0.1, 0.15) is 5.75 Å². The van der Waals surface area contributed by atoms with Gasteiger partial charge in [0.15, 0.2) is 6.61 Å². The fourth-order valence-corrected chi connectivity index (χ4v) is 3.61. The molecule has 0 aromatic heterocycles. The first-order chi connectivity index (χ1) is 12.5. The number of benzene rings is 1. The number of hydrogen-bond donors (Lipinski definition) is 0. The van der Waals surface area contributed by atoms with Crippen molar-refractivity contribution in [2.45, 2.75) is 26.7 Å². The monoisotopic (exact) mass is 360 g/mol. The van der Waals surface area contributed by atoms with Gasteiger partial charge in [0.05, 0.1) is 13.2 Å². The topological polar surface area (TPSA) is 59.1 Å². The highest BCUT2D eigenvalue weighted by Crippen LogP contribution is 2.22. The van der Waals surface area contributed by atoms with E-state index in [1.165, 1.54) is 5.56 Å². The van der Waals surface area contributed by atoms with Crippen molar-refractivity contribution >= 4 is 11.8 Å². The highest BCUT2D eigenvalue weighted by Gasteiger charge is 2.30. The number of morpholine rings is 1. The summed E-state index contributed by atoms with van der Waals surface area (Å²) >= 11 is 0. The van der Waals surface area contributed by atoms with Crippen LogP contribution in [0.25, 0.3) is 0 Å². The lowest BCUT2D eigenvalue weighted by molar-refractivity contribution is -0.144. The van der Waals surface area contributed by atoms with Crippen LogP contribution in [-0.4, -0.2) is 67.6 Å². The lowest BCUT2D eigenvalue weighted by Crippen LogP contribution is -2.48. The van der Waals surface area contributed by atoms with Gasteiger partial charge in [-0.15, -0.1) is 0 Å². The van der Waals surface area contributed by atoms with Crippen LogP contribution in [-0.2, 0) is 14.3 Å². The van der Waals surface area contributed by atoms with Crippen molar-refractivity contribution in [3.8, 4) is 5.75 Å². The predicted octanol–water partition coefficient (Wildman–Crippen LogP) is 1.78. The molecule has 1 aromatic carbocycles. The summed E-state index contributed by atoms with van der Waals surface area (Å²) in [7, 11) is 0.